The van der Waals surface area contributed by atoms with Crippen molar-refractivity contribution >= 4 is 22.7 Å². The Balaban J connectivity index is 1.95. The number of aromatic amines is 1. The Labute approximate surface area is 132 Å². The van der Waals surface area contributed by atoms with Crippen molar-refractivity contribution in [3.63, 3.8) is 0 Å². The smallest absolute Gasteiger partial charge is 0.313 e. The van der Waals surface area contributed by atoms with E-state index in [4.69, 9.17) is 0 Å². The molecule has 1 aromatic carbocycles. The third-order valence-corrected chi connectivity index (χ3v) is 3.86. The van der Waals surface area contributed by atoms with Crippen molar-refractivity contribution < 1.29 is 13.2 Å². The maximum atomic E-state index is 12.3. The number of fused-ring (bicyclic) bond motifs is 1. The van der Waals surface area contributed by atoms with Gasteiger partial charge in [-0.3, -0.25) is 4.79 Å². The fourth-order valence-corrected chi connectivity index (χ4v) is 2.54. The molecule has 3 rings (SSSR count). The second kappa shape index (κ2) is 5.99. The van der Waals surface area contributed by atoms with E-state index in [1.54, 1.807) is 24.3 Å². The summed E-state index contributed by atoms with van der Waals surface area (Å²) in [6.45, 7) is 0. The van der Waals surface area contributed by atoms with Crippen LogP contribution in [0.25, 0.3) is 22.2 Å². The van der Waals surface area contributed by atoms with Crippen molar-refractivity contribution in [2.45, 2.75) is 11.3 Å². The molecule has 0 spiro atoms. The molecule has 0 aliphatic heterocycles. The number of alkyl halides is 3. The maximum absolute atomic E-state index is 12.3. The fourth-order valence-electron chi connectivity index (χ4n) is 1.95. The van der Waals surface area contributed by atoms with Crippen LogP contribution in [0.2, 0.25) is 0 Å². The van der Waals surface area contributed by atoms with Crippen LogP contribution in [-0.4, -0.2) is 31.9 Å². The van der Waals surface area contributed by atoms with Gasteiger partial charge < -0.3 is 4.98 Å². The molecule has 0 saturated carbocycles. The Bertz CT molecular complexity index is 910. The molecule has 5 nitrogen and oxygen atoms in total. The third kappa shape index (κ3) is 3.67. The number of benzene rings is 1. The zero-order valence-electron chi connectivity index (χ0n) is 11.5. The van der Waals surface area contributed by atoms with Crippen LogP contribution < -0.4 is 5.56 Å². The van der Waals surface area contributed by atoms with Crippen molar-refractivity contribution in [2.24, 2.45) is 0 Å². The Morgan fingerprint density at radius 1 is 1.17 bits per heavy atom. The van der Waals surface area contributed by atoms with E-state index in [1.807, 2.05) is 0 Å². The average molecular weight is 338 g/mol. The topological polar surface area (TPSA) is 71.5 Å². The minimum atomic E-state index is -4.29. The van der Waals surface area contributed by atoms with Crippen molar-refractivity contribution in [1.29, 1.82) is 0 Å². The van der Waals surface area contributed by atoms with Crippen LogP contribution in [0.1, 0.15) is 0 Å². The largest absolute Gasteiger partial charge is 0.398 e. The van der Waals surface area contributed by atoms with Crippen LogP contribution in [0.15, 0.2) is 46.7 Å². The number of nitrogens with one attached hydrogen (secondary N) is 1. The first-order valence-electron chi connectivity index (χ1n) is 6.43. The first kappa shape index (κ1) is 15.5. The third-order valence-electron chi connectivity index (χ3n) is 2.93. The van der Waals surface area contributed by atoms with Gasteiger partial charge in [0, 0.05) is 11.8 Å². The molecule has 3 aromatic rings. The van der Waals surface area contributed by atoms with Gasteiger partial charge in [0.1, 0.15) is 0 Å². The van der Waals surface area contributed by atoms with Gasteiger partial charge in [0.05, 0.1) is 28.7 Å². The average Bonchev–Trinajstić information content (AvgIpc) is 2.53. The molecule has 9 heteroatoms. The monoisotopic (exact) mass is 338 g/mol. The van der Waals surface area contributed by atoms with Crippen LogP contribution in [0.5, 0.6) is 0 Å². The first-order valence-corrected chi connectivity index (χ1v) is 7.41. The van der Waals surface area contributed by atoms with Crippen molar-refractivity contribution in [2.75, 3.05) is 5.75 Å². The van der Waals surface area contributed by atoms with E-state index < -0.39 is 11.9 Å². The minimum Gasteiger partial charge on any atom is -0.313 e. The summed E-state index contributed by atoms with van der Waals surface area (Å²) in [5, 5.41) is 0.410. The van der Waals surface area contributed by atoms with Gasteiger partial charge in [-0.25, -0.2) is 15.0 Å². The number of rotatable bonds is 3. The molecule has 1 N–H and O–H groups in total. The Hall–Kier alpha value is -2.42. The summed E-state index contributed by atoms with van der Waals surface area (Å²) < 4.78 is 36.8. The summed E-state index contributed by atoms with van der Waals surface area (Å²) in [6, 6.07) is 6.53. The highest BCUT2D eigenvalue weighted by Gasteiger charge is 2.27. The lowest BCUT2D eigenvalue weighted by molar-refractivity contribution is -0.105. The van der Waals surface area contributed by atoms with E-state index in [9.17, 15) is 18.0 Å². The Morgan fingerprint density at radius 2 is 2.00 bits per heavy atom. The molecule has 0 bridgehead atoms. The molecule has 0 amide bonds. The number of thioether (sulfide) groups is 1. The molecule has 2 aromatic heterocycles. The van der Waals surface area contributed by atoms with Gasteiger partial charge in [-0.2, -0.15) is 13.2 Å². The number of nitrogens with zero attached hydrogens (tertiary/aromatic N) is 3. The summed E-state index contributed by atoms with van der Waals surface area (Å²) >= 11 is 0.516. The number of H-pyrrole nitrogens is 1. The normalized spacial score (nSPS) is 11.8. The number of hydrogen-bond donors (Lipinski definition) is 1. The van der Waals surface area contributed by atoms with Gasteiger partial charge in [0.25, 0.3) is 5.56 Å². The first-order chi connectivity index (χ1) is 10.9. The van der Waals surface area contributed by atoms with Crippen LogP contribution >= 0.6 is 11.8 Å². The van der Waals surface area contributed by atoms with Gasteiger partial charge >= 0.3 is 6.18 Å². The highest BCUT2D eigenvalue weighted by atomic mass is 32.2. The van der Waals surface area contributed by atoms with Crippen molar-refractivity contribution in [1.82, 2.24) is 19.9 Å². The lowest BCUT2D eigenvalue weighted by Gasteiger charge is -2.06. The molecular formula is C14H9F3N4OS. The maximum Gasteiger partial charge on any atom is 0.398 e. The molecule has 0 fully saturated rings. The van der Waals surface area contributed by atoms with Crippen LogP contribution in [0, 0.1) is 0 Å². The van der Waals surface area contributed by atoms with Crippen LogP contribution in [-0.2, 0) is 0 Å². The van der Waals surface area contributed by atoms with E-state index in [0.717, 1.165) is 0 Å². The standard InChI is InChI=1S/C14H9F3N4OS/c15-14(16,17)6-23-13-18-4-3-10(21-13)8-1-2-11-9(5-8)12(22)20-7-19-11/h1-5,7H,6H2,(H,19,20,22). The van der Waals surface area contributed by atoms with Gasteiger partial charge in [0.2, 0.25) is 0 Å². The lowest BCUT2D eigenvalue weighted by Crippen LogP contribution is -2.11. The molecular weight excluding hydrogens is 329 g/mol. The van der Waals surface area contributed by atoms with Gasteiger partial charge in [-0.05, 0) is 18.2 Å². The van der Waals surface area contributed by atoms with Crippen molar-refractivity contribution in [3.05, 3.63) is 47.1 Å². The molecule has 0 saturated heterocycles. The van der Waals surface area contributed by atoms with Crippen molar-refractivity contribution in [3.8, 4) is 11.3 Å². The summed E-state index contributed by atoms with van der Waals surface area (Å²) in [6.07, 6.45) is -1.59. The molecule has 0 atom stereocenters. The van der Waals surface area contributed by atoms with E-state index in [-0.39, 0.29) is 10.7 Å². The molecule has 0 unspecified atom stereocenters. The van der Waals surface area contributed by atoms with E-state index in [0.29, 0.717) is 33.9 Å². The number of halogens is 3. The summed E-state index contributed by atoms with van der Waals surface area (Å²) in [4.78, 5) is 26.2. The summed E-state index contributed by atoms with van der Waals surface area (Å²) in [5.74, 6) is -1.06. The molecule has 118 valence electrons. The number of hydrogen-bond acceptors (Lipinski definition) is 5. The Kier molecular flexibility index (Phi) is 4.03. The van der Waals surface area contributed by atoms with Crippen LogP contribution in [0.4, 0.5) is 13.2 Å². The molecule has 23 heavy (non-hydrogen) atoms. The fraction of sp³-hybridized carbons (Fsp3) is 0.143. The highest BCUT2D eigenvalue weighted by Crippen LogP contribution is 2.27. The molecule has 0 radical (unpaired) electrons. The summed E-state index contributed by atoms with van der Waals surface area (Å²) in [5.41, 5.74) is 1.28. The lowest BCUT2D eigenvalue weighted by atomic mass is 10.1. The number of aromatic nitrogens is 4. The van der Waals surface area contributed by atoms with Gasteiger partial charge in [-0.1, -0.05) is 17.8 Å². The quantitative estimate of drug-likeness (QED) is 0.587. The molecule has 2 heterocycles. The molecule has 0 aliphatic carbocycles. The second-order valence-corrected chi connectivity index (χ2v) is 5.53. The predicted octanol–water partition coefficient (Wildman–Crippen LogP) is 3.03. The Morgan fingerprint density at radius 3 is 2.78 bits per heavy atom. The van der Waals surface area contributed by atoms with Gasteiger partial charge in [-0.15, -0.1) is 0 Å². The summed E-state index contributed by atoms with van der Waals surface area (Å²) in [7, 11) is 0. The minimum absolute atomic E-state index is 0.0278. The van der Waals surface area contributed by atoms with Gasteiger partial charge in [0.15, 0.2) is 5.16 Å². The predicted molar refractivity (Wildman–Crippen MR) is 80.2 cm³/mol. The second-order valence-electron chi connectivity index (χ2n) is 4.59. The molecule has 0 aliphatic rings. The van der Waals surface area contributed by atoms with Crippen LogP contribution in [0.3, 0.4) is 0 Å². The van der Waals surface area contributed by atoms with E-state index >= 15 is 0 Å². The zero-order chi connectivity index (χ0) is 16.4. The zero-order valence-corrected chi connectivity index (χ0v) is 12.3. The van der Waals surface area contributed by atoms with E-state index in [1.165, 1.54) is 12.5 Å². The van der Waals surface area contributed by atoms with E-state index in [2.05, 4.69) is 19.9 Å². The SMILES string of the molecule is O=c1[nH]cnc2ccc(-c3ccnc(SCC(F)(F)F)n3)cc12. The highest BCUT2D eigenvalue weighted by molar-refractivity contribution is 7.99.